The number of hydrogen-bond acceptors (Lipinski definition) is 5. The lowest BCUT2D eigenvalue weighted by Crippen LogP contribution is -2.49. The summed E-state index contributed by atoms with van der Waals surface area (Å²) in [6.07, 6.45) is 5.54. The summed E-state index contributed by atoms with van der Waals surface area (Å²) < 4.78 is 31.8. The van der Waals surface area contributed by atoms with Crippen molar-refractivity contribution in [2.24, 2.45) is 11.8 Å². The molecule has 2 N–H and O–H groups in total. The molecule has 1 atom stereocenters. The number of amides is 1. The van der Waals surface area contributed by atoms with E-state index in [1.807, 2.05) is 0 Å². The van der Waals surface area contributed by atoms with Crippen molar-refractivity contribution in [3.05, 3.63) is 17.9 Å². The van der Waals surface area contributed by atoms with E-state index in [1.165, 1.54) is 0 Å². The number of carboxylic acid groups (broad SMARTS) is 1. The minimum Gasteiger partial charge on any atom is -0.475 e. The zero-order valence-corrected chi connectivity index (χ0v) is 15.1. The molecule has 26 heavy (non-hydrogen) atoms. The van der Waals surface area contributed by atoms with Crippen molar-refractivity contribution >= 4 is 21.9 Å². The summed E-state index contributed by atoms with van der Waals surface area (Å²) in [6.45, 7) is 0.223. The van der Waals surface area contributed by atoms with E-state index in [1.54, 1.807) is 0 Å². The molecule has 142 valence electrons. The maximum atomic E-state index is 12.8. The van der Waals surface area contributed by atoms with Crippen LogP contribution in [0.5, 0.6) is 0 Å². The van der Waals surface area contributed by atoms with Gasteiger partial charge in [-0.25, -0.2) is 13.2 Å². The predicted octanol–water partition coefficient (Wildman–Crippen LogP) is 1.44. The van der Waals surface area contributed by atoms with Crippen molar-refractivity contribution in [3.8, 4) is 0 Å². The van der Waals surface area contributed by atoms with Crippen molar-refractivity contribution in [1.29, 1.82) is 0 Å². The summed E-state index contributed by atoms with van der Waals surface area (Å²) in [5.41, 5.74) is 0. The minimum atomic E-state index is -4.05. The summed E-state index contributed by atoms with van der Waals surface area (Å²) in [5.74, 6) is -0.965. The van der Waals surface area contributed by atoms with Crippen LogP contribution in [0.3, 0.4) is 0 Å². The number of nitrogens with zero attached hydrogens (tertiary/aromatic N) is 1. The van der Waals surface area contributed by atoms with Gasteiger partial charge >= 0.3 is 5.97 Å². The predicted molar refractivity (Wildman–Crippen MR) is 90.0 cm³/mol. The molecule has 3 aliphatic rings. The normalized spacial score (nSPS) is 24.1. The second-order valence-corrected chi connectivity index (χ2v) is 9.23. The Morgan fingerprint density at radius 2 is 1.81 bits per heavy atom. The molecule has 0 radical (unpaired) electrons. The van der Waals surface area contributed by atoms with Gasteiger partial charge in [-0.2, -0.15) is 4.31 Å². The molecule has 0 aromatic carbocycles. The minimum absolute atomic E-state index is 0.162. The van der Waals surface area contributed by atoms with Crippen LogP contribution in [0.4, 0.5) is 0 Å². The third-order valence-corrected chi connectivity index (χ3v) is 7.21. The van der Waals surface area contributed by atoms with Crippen LogP contribution in [-0.4, -0.2) is 48.3 Å². The third kappa shape index (κ3) is 3.25. The molecular formula is C17H22N2O6S. The fraction of sp³-hybridized carbons (Fsp3) is 0.647. The highest BCUT2D eigenvalue weighted by Crippen LogP contribution is 2.44. The summed E-state index contributed by atoms with van der Waals surface area (Å²) in [5, 5.41) is 11.6. The Labute approximate surface area is 151 Å². The molecule has 4 rings (SSSR count). The number of sulfonamides is 1. The number of carbonyl (C=O) groups excluding carboxylic acids is 1. The number of carbonyl (C=O) groups is 2. The molecular weight excluding hydrogens is 360 g/mol. The largest absolute Gasteiger partial charge is 0.475 e. The Morgan fingerprint density at radius 3 is 2.35 bits per heavy atom. The highest BCUT2D eigenvalue weighted by atomic mass is 32.2. The van der Waals surface area contributed by atoms with Crippen LogP contribution >= 0.6 is 0 Å². The number of aromatic carboxylic acids is 1. The summed E-state index contributed by atoms with van der Waals surface area (Å²) in [7, 11) is -4.05. The van der Waals surface area contributed by atoms with Gasteiger partial charge in [0, 0.05) is 12.6 Å². The topological polar surface area (TPSA) is 117 Å². The molecule has 2 heterocycles. The lowest BCUT2D eigenvalue weighted by molar-refractivity contribution is -0.125. The highest BCUT2D eigenvalue weighted by molar-refractivity contribution is 7.89. The lowest BCUT2D eigenvalue weighted by atomic mass is 10.1. The van der Waals surface area contributed by atoms with Gasteiger partial charge in [-0.05, 0) is 62.5 Å². The number of rotatable bonds is 7. The van der Waals surface area contributed by atoms with E-state index in [-0.39, 0.29) is 18.5 Å². The van der Waals surface area contributed by atoms with E-state index in [9.17, 15) is 18.0 Å². The average molecular weight is 382 g/mol. The second-order valence-electron chi connectivity index (χ2n) is 7.41. The van der Waals surface area contributed by atoms with Gasteiger partial charge in [0.25, 0.3) is 10.0 Å². The first-order valence-electron chi connectivity index (χ1n) is 9.03. The van der Waals surface area contributed by atoms with E-state index in [2.05, 4.69) is 5.32 Å². The van der Waals surface area contributed by atoms with Crippen molar-refractivity contribution in [2.75, 3.05) is 6.54 Å². The van der Waals surface area contributed by atoms with Gasteiger partial charge in [-0.1, -0.05) is 0 Å². The van der Waals surface area contributed by atoms with Gasteiger partial charge in [-0.3, -0.25) is 4.79 Å². The van der Waals surface area contributed by atoms with Crippen molar-refractivity contribution in [3.63, 3.8) is 0 Å². The van der Waals surface area contributed by atoms with Gasteiger partial charge in [0.15, 0.2) is 0 Å². The molecule has 1 aromatic rings. The molecule has 2 aliphatic carbocycles. The third-order valence-electron chi connectivity index (χ3n) is 5.43. The summed E-state index contributed by atoms with van der Waals surface area (Å²) in [4.78, 5) is 23.7. The molecule has 3 fully saturated rings. The van der Waals surface area contributed by atoms with E-state index in [0.29, 0.717) is 24.7 Å². The first-order chi connectivity index (χ1) is 12.4. The maximum Gasteiger partial charge on any atom is 0.371 e. The van der Waals surface area contributed by atoms with E-state index >= 15 is 0 Å². The van der Waals surface area contributed by atoms with Crippen LogP contribution in [0.2, 0.25) is 0 Å². The molecule has 1 saturated heterocycles. The number of furan rings is 1. The molecule has 1 amide bonds. The molecule has 8 nitrogen and oxygen atoms in total. The molecule has 1 aromatic heterocycles. The van der Waals surface area contributed by atoms with Crippen molar-refractivity contribution in [1.82, 2.24) is 9.62 Å². The lowest BCUT2D eigenvalue weighted by Gasteiger charge is -2.25. The first kappa shape index (κ1) is 17.5. The maximum absolute atomic E-state index is 12.8. The first-order valence-corrected chi connectivity index (χ1v) is 10.5. The Bertz CT molecular complexity index is 812. The fourth-order valence-electron chi connectivity index (χ4n) is 3.77. The molecule has 9 heteroatoms. The van der Waals surface area contributed by atoms with Crippen LogP contribution in [-0.2, 0) is 14.8 Å². The van der Waals surface area contributed by atoms with Gasteiger partial charge in [0.1, 0.15) is 6.04 Å². The van der Waals surface area contributed by atoms with Crippen LogP contribution in [0.25, 0.3) is 0 Å². The van der Waals surface area contributed by atoms with E-state index < -0.39 is 32.9 Å². The van der Waals surface area contributed by atoms with Gasteiger partial charge in [0.05, 0.1) is 0 Å². The Balaban J connectivity index is 1.51. The smallest absolute Gasteiger partial charge is 0.371 e. The second kappa shape index (κ2) is 6.38. The quantitative estimate of drug-likeness (QED) is 0.737. The molecule has 2 saturated carbocycles. The van der Waals surface area contributed by atoms with Gasteiger partial charge in [-0.15, -0.1) is 0 Å². The molecule has 1 unspecified atom stereocenters. The average Bonchev–Trinajstić information content (AvgIpc) is 3.50. The molecule has 0 spiro atoms. The Morgan fingerprint density at radius 1 is 1.15 bits per heavy atom. The van der Waals surface area contributed by atoms with E-state index in [4.69, 9.17) is 9.52 Å². The summed E-state index contributed by atoms with van der Waals surface area (Å²) in [6, 6.07) is 1.63. The van der Waals surface area contributed by atoms with Crippen LogP contribution in [0.1, 0.15) is 49.1 Å². The number of nitrogens with one attached hydrogen (secondary N) is 1. The van der Waals surface area contributed by atoms with Crippen molar-refractivity contribution < 1.29 is 27.5 Å². The SMILES string of the molecule is O=C(O)c1ccc(S(=O)(=O)N2CCCC2C(=O)NC(C2CC2)C2CC2)o1. The zero-order valence-electron chi connectivity index (χ0n) is 14.3. The summed E-state index contributed by atoms with van der Waals surface area (Å²) >= 11 is 0. The molecule has 0 bridgehead atoms. The monoisotopic (exact) mass is 382 g/mol. The highest BCUT2D eigenvalue weighted by Gasteiger charge is 2.46. The Hall–Kier alpha value is -1.87. The standard InChI is InChI=1S/C17H22N2O6S/c20-16(18-15(10-3-4-10)11-5-6-11)12-2-1-9-19(12)26(23,24)14-8-7-13(25-14)17(21)22/h7-8,10-12,15H,1-6,9H2,(H,18,20)(H,21,22). The van der Waals surface area contributed by atoms with Crippen LogP contribution < -0.4 is 5.32 Å². The van der Waals surface area contributed by atoms with Gasteiger partial charge < -0.3 is 14.8 Å². The van der Waals surface area contributed by atoms with Crippen LogP contribution in [0, 0.1) is 11.8 Å². The molecule has 1 aliphatic heterocycles. The zero-order chi connectivity index (χ0) is 18.5. The fourth-order valence-corrected chi connectivity index (χ4v) is 5.34. The van der Waals surface area contributed by atoms with E-state index in [0.717, 1.165) is 42.1 Å². The van der Waals surface area contributed by atoms with Crippen molar-refractivity contribution in [2.45, 2.75) is 55.7 Å². The number of carboxylic acids is 1. The Kier molecular flexibility index (Phi) is 4.31. The number of hydrogen-bond donors (Lipinski definition) is 2. The van der Waals surface area contributed by atoms with Gasteiger partial charge in [0.2, 0.25) is 16.8 Å². The van der Waals surface area contributed by atoms with Crippen LogP contribution in [0.15, 0.2) is 21.6 Å².